The highest BCUT2D eigenvalue weighted by Gasteiger charge is 2.06. The van der Waals surface area contributed by atoms with E-state index in [4.69, 9.17) is 4.74 Å². The summed E-state index contributed by atoms with van der Waals surface area (Å²) in [6.07, 6.45) is 6.45. The highest BCUT2D eigenvalue weighted by Crippen LogP contribution is 2.01. The van der Waals surface area contributed by atoms with Crippen LogP contribution in [-0.4, -0.2) is 25.3 Å². The Labute approximate surface area is 117 Å². The van der Waals surface area contributed by atoms with E-state index in [1.165, 1.54) is 12.0 Å². The molecular formula is C17H27NO. The summed E-state index contributed by atoms with van der Waals surface area (Å²) in [4.78, 5) is 0. The number of rotatable bonds is 8. The predicted molar refractivity (Wildman–Crippen MR) is 83.3 cm³/mol. The van der Waals surface area contributed by atoms with Gasteiger partial charge >= 0.3 is 0 Å². The molecule has 19 heavy (non-hydrogen) atoms. The van der Waals surface area contributed by atoms with Crippen LogP contribution in [0, 0.1) is 0 Å². The normalized spacial score (nSPS) is 12.2. The second-order valence-corrected chi connectivity index (χ2v) is 5.77. The van der Waals surface area contributed by atoms with Gasteiger partial charge in [-0.25, -0.2) is 0 Å². The lowest BCUT2D eigenvalue weighted by molar-refractivity contribution is 0.157. The van der Waals surface area contributed by atoms with Crippen LogP contribution in [0.2, 0.25) is 0 Å². The van der Waals surface area contributed by atoms with Crippen LogP contribution in [0.5, 0.6) is 0 Å². The first kappa shape index (κ1) is 15.9. The Hall–Kier alpha value is -1.12. The molecule has 2 nitrogen and oxygen atoms in total. The van der Waals surface area contributed by atoms with Gasteiger partial charge in [0.25, 0.3) is 0 Å². The molecule has 0 bridgehead atoms. The molecular weight excluding hydrogens is 234 g/mol. The molecule has 0 saturated heterocycles. The first-order chi connectivity index (χ1) is 9.08. The molecule has 106 valence electrons. The van der Waals surface area contributed by atoms with E-state index in [1.54, 1.807) is 0 Å². The van der Waals surface area contributed by atoms with E-state index in [1.807, 2.05) is 18.2 Å². The van der Waals surface area contributed by atoms with Crippen LogP contribution in [0.25, 0.3) is 6.08 Å². The molecule has 1 aromatic rings. The summed E-state index contributed by atoms with van der Waals surface area (Å²) in [5.74, 6) is 0. The molecule has 0 aliphatic heterocycles. The second kappa shape index (κ2) is 8.89. The van der Waals surface area contributed by atoms with Crippen molar-refractivity contribution in [2.75, 3.05) is 19.8 Å². The lowest BCUT2D eigenvalue weighted by atomic mass is 10.1. The van der Waals surface area contributed by atoms with Gasteiger partial charge in [-0.15, -0.1) is 0 Å². The Kier molecular flexibility index (Phi) is 7.46. The zero-order chi connectivity index (χ0) is 14.0. The van der Waals surface area contributed by atoms with Gasteiger partial charge in [-0.2, -0.15) is 0 Å². The Morgan fingerprint density at radius 2 is 1.84 bits per heavy atom. The summed E-state index contributed by atoms with van der Waals surface area (Å²) in [5, 5.41) is 3.48. The van der Waals surface area contributed by atoms with Crippen LogP contribution < -0.4 is 5.32 Å². The van der Waals surface area contributed by atoms with Gasteiger partial charge in [-0.05, 0) is 45.7 Å². The van der Waals surface area contributed by atoms with Crippen molar-refractivity contribution in [2.45, 2.75) is 39.2 Å². The van der Waals surface area contributed by atoms with E-state index >= 15 is 0 Å². The van der Waals surface area contributed by atoms with Gasteiger partial charge < -0.3 is 10.1 Å². The predicted octanol–water partition coefficient (Wildman–Crippen LogP) is 3.88. The van der Waals surface area contributed by atoms with E-state index in [0.717, 1.165) is 19.6 Å². The van der Waals surface area contributed by atoms with Gasteiger partial charge in [0.05, 0.1) is 6.61 Å². The summed E-state index contributed by atoms with van der Waals surface area (Å²) in [5.41, 5.74) is 1.44. The average molecular weight is 261 g/mol. The number of nitrogens with one attached hydrogen (secondary N) is 1. The van der Waals surface area contributed by atoms with Crippen molar-refractivity contribution in [3.8, 4) is 0 Å². The van der Waals surface area contributed by atoms with Crippen LogP contribution in [0.3, 0.4) is 0 Å². The Morgan fingerprint density at radius 1 is 1.11 bits per heavy atom. The fraction of sp³-hybridized carbons (Fsp3) is 0.529. The fourth-order valence-electron chi connectivity index (χ4n) is 1.69. The van der Waals surface area contributed by atoms with Crippen LogP contribution in [0.4, 0.5) is 0 Å². The molecule has 0 spiro atoms. The van der Waals surface area contributed by atoms with Crippen molar-refractivity contribution in [2.24, 2.45) is 0 Å². The standard InChI is InChI=1S/C17H27NO/c1-17(2,3)18-13-7-8-14-19-15-9-12-16-10-5-4-6-11-16/h4-6,9-12,18H,7-8,13-15H2,1-3H3. The third kappa shape index (κ3) is 9.46. The van der Waals surface area contributed by atoms with Gasteiger partial charge in [0.15, 0.2) is 0 Å². The smallest absolute Gasteiger partial charge is 0.0650 e. The van der Waals surface area contributed by atoms with E-state index in [0.29, 0.717) is 6.61 Å². The van der Waals surface area contributed by atoms with Crippen molar-refractivity contribution >= 4 is 6.08 Å². The first-order valence-electron chi connectivity index (χ1n) is 7.12. The number of hydrogen-bond acceptors (Lipinski definition) is 2. The minimum Gasteiger partial charge on any atom is -0.377 e. The van der Waals surface area contributed by atoms with Crippen molar-refractivity contribution in [3.63, 3.8) is 0 Å². The van der Waals surface area contributed by atoms with Crippen LogP contribution >= 0.6 is 0 Å². The molecule has 2 heteroatoms. The topological polar surface area (TPSA) is 21.3 Å². The maximum absolute atomic E-state index is 5.57. The number of hydrogen-bond donors (Lipinski definition) is 1. The fourth-order valence-corrected chi connectivity index (χ4v) is 1.69. The molecule has 0 aromatic heterocycles. The summed E-state index contributed by atoms with van der Waals surface area (Å²) >= 11 is 0. The van der Waals surface area contributed by atoms with Gasteiger partial charge in [0.2, 0.25) is 0 Å². The van der Waals surface area contributed by atoms with E-state index in [9.17, 15) is 0 Å². The quantitative estimate of drug-likeness (QED) is 0.717. The number of ether oxygens (including phenoxy) is 1. The molecule has 1 rings (SSSR count). The van der Waals surface area contributed by atoms with Crippen LogP contribution in [0.1, 0.15) is 39.2 Å². The van der Waals surface area contributed by atoms with Crippen LogP contribution in [-0.2, 0) is 4.74 Å². The minimum atomic E-state index is 0.222. The van der Waals surface area contributed by atoms with Crippen molar-refractivity contribution in [1.29, 1.82) is 0 Å². The third-order valence-corrected chi connectivity index (χ3v) is 2.69. The van der Waals surface area contributed by atoms with Crippen molar-refractivity contribution in [3.05, 3.63) is 42.0 Å². The van der Waals surface area contributed by atoms with Gasteiger partial charge in [-0.3, -0.25) is 0 Å². The molecule has 0 amide bonds. The summed E-state index contributed by atoms with van der Waals surface area (Å²) < 4.78 is 5.57. The zero-order valence-corrected chi connectivity index (χ0v) is 12.5. The Balaban J connectivity index is 1.96. The number of benzene rings is 1. The molecule has 0 heterocycles. The van der Waals surface area contributed by atoms with E-state index in [-0.39, 0.29) is 5.54 Å². The average Bonchev–Trinajstić information content (AvgIpc) is 2.37. The van der Waals surface area contributed by atoms with Crippen molar-refractivity contribution in [1.82, 2.24) is 5.32 Å². The third-order valence-electron chi connectivity index (χ3n) is 2.69. The molecule has 0 atom stereocenters. The van der Waals surface area contributed by atoms with E-state index < -0.39 is 0 Å². The summed E-state index contributed by atoms with van der Waals surface area (Å²) in [6, 6.07) is 10.3. The molecule has 0 radical (unpaired) electrons. The largest absolute Gasteiger partial charge is 0.377 e. The first-order valence-corrected chi connectivity index (χ1v) is 7.12. The Bertz CT molecular complexity index is 351. The molecule has 0 unspecified atom stereocenters. The van der Waals surface area contributed by atoms with Crippen LogP contribution in [0.15, 0.2) is 36.4 Å². The molecule has 1 N–H and O–H groups in total. The lowest BCUT2D eigenvalue weighted by Gasteiger charge is -2.20. The lowest BCUT2D eigenvalue weighted by Crippen LogP contribution is -2.36. The van der Waals surface area contributed by atoms with Gasteiger partial charge in [-0.1, -0.05) is 42.5 Å². The highest BCUT2D eigenvalue weighted by molar-refractivity contribution is 5.48. The van der Waals surface area contributed by atoms with Gasteiger partial charge in [0, 0.05) is 12.1 Å². The molecule has 0 aliphatic rings. The van der Waals surface area contributed by atoms with Crippen molar-refractivity contribution < 1.29 is 4.74 Å². The van der Waals surface area contributed by atoms with E-state index in [2.05, 4.69) is 50.4 Å². The number of unbranched alkanes of at least 4 members (excludes halogenated alkanes) is 1. The monoisotopic (exact) mass is 261 g/mol. The second-order valence-electron chi connectivity index (χ2n) is 5.77. The summed E-state index contributed by atoms with van der Waals surface area (Å²) in [7, 11) is 0. The zero-order valence-electron chi connectivity index (χ0n) is 12.5. The SMILES string of the molecule is CC(C)(C)NCCCCOCC=Cc1ccccc1. The van der Waals surface area contributed by atoms with Gasteiger partial charge in [0.1, 0.15) is 0 Å². The Morgan fingerprint density at radius 3 is 2.53 bits per heavy atom. The minimum absolute atomic E-state index is 0.222. The highest BCUT2D eigenvalue weighted by atomic mass is 16.5. The maximum Gasteiger partial charge on any atom is 0.0650 e. The molecule has 0 fully saturated rings. The summed E-state index contributed by atoms with van der Waals surface area (Å²) in [6.45, 7) is 9.17. The molecule has 0 aliphatic carbocycles. The molecule has 1 aromatic carbocycles. The maximum atomic E-state index is 5.57. The molecule has 0 saturated carbocycles.